The molecular formula is C41H61N9O20. The summed E-state index contributed by atoms with van der Waals surface area (Å²) in [4.78, 5) is 152. The van der Waals surface area contributed by atoms with Crippen LogP contribution < -0.4 is 31.9 Å². The Balaban J connectivity index is 3.72. The van der Waals surface area contributed by atoms with Crippen LogP contribution in [0.15, 0.2) is 34.9 Å². The van der Waals surface area contributed by atoms with E-state index in [1.807, 2.05) is 0 Å². The average Bonchev–Trinajstić information content (AvgIpc) is 3.26. The molecule has 5 unspecified atom stereocenters. The fourth-order valence-electron chi connectivity index (χ4n) is 6.21. The quantitative estimate of drug-likeness (QED) is 0.0262. The van der Waals surface area contributed by atoms with Crippen molar-refractivity contribution in [3.8, 4) is 0 Å². The number of carboxylic acid groups (broad SMARTS) is 3. The van der Waals surface area contributed by atoms with Crippen LogP contribution in [0.3, 0.4) is 0 Å². The molecule has 0 radical (unpaired) electrons. The Kier molecular flexibility index (Phi) is 26.8. The highest BCUT2D eigenvalue weighted by Crippen LogP contribution is 2.10. The summed E-state index contributed by atoms with van der Waals surface area (Å²) in [7, 11) is 0. The third-order valence-corrected chi connectivity index (χ3v) is 9.72. The van der Waals surface area contributed by atoms with E-state index in [4.69, 9.17) is 15.3 Å². The molecule has 1 rings (SSSR count). The largest absolute Gasteiger partial charge is 0.481 e. The van der Waals surface area contributed by atoms with Crippen molar-refractivity contribution in [1.82, 2.24) is 47.1 Å². The second-order valence-corrected chi connectivity index (χ2v) is 15.9. The van der Waals surface area contributed by atoms with Gasteiger partial charge in [0, 0.05) is 37.9 Å². The number of amides is 9. The van der Waals surface area contributed by atoms with Gasteiger partial charge in [-0.05, 0) is 59.3 Å². The van der Waals surface area contributed by atoms with Gasteiger partial charge in [-0.15, -0.1) is 0 Å². The van der Waals surface area contributed by atoms with Gasteiger partial charge in [0.2, 0.25) is 35.4 Å². The number of aliphatic hydroxyl groups excluding tert-OH is 2. The van der Waals surface area contributed by atoms with Gasteiger partial charge in [-0.3, -0.25) is 73.2 Å². The molecule has 14 N–H and O–H groups in total. The molecule has 0 aromatic carbocycles. The number of nitrogens with one attached hydrogen (secondary N) is 6. The van der Waals surface area contributed by atoms with Gasteiger partial charge < -0.3 is 57.4 Å². The molecule has 1 heterocycles. The van der Waals surface area contributed by atoms with Crippen LogP contribution in [0.5, 0.6) is 0 Å². The summed E-state index contributed by atoms with van der Waals surface area (Å²) < 4.78 is 0. The van der Waals surface area contributed by atoms with Gasteiger partial charge in [0.15, 0.2) is 0 Å². The van der Waals surface area contributed by atoms with Crippen LogP contribution in [0.4, 0.5) is 0 Å². The Morgan fingerprint density at radius 3 is 1.04 bits per heavy atom. The van der Waals surface area contributed by atoms with E-state index in [-0.39, 0.29) is 51.2 Å². The number of hydrogen-bond acceptors (Lipinski definition) is 17. The maximum atomic E-state index is 14.1. The van der Waals surface area contributed by atoms with Crippen LogP contribution in [0.2, 0.25) is 0 Å². The first-order valence-corrected chi connectivity index (χ1v) is 21.5. The van der Waals surface area contributed by atoms with E-state index in [2.05, 4.69) is 31.9 Å². The van der Waals surface area contributed by atoms with E-state index in [0.29, 0.717) is 0 Å². The lowest BCUT2D eigenvalue weighted by atomic mass is 10.0. The molecule has 0 aromatic rings. The van der Waals surface area contributed by atoms with Gasteiger partial charge in [-0.1, -0.05) is 16.7 Å². The van der Waals surface area contributed by atoms with Crippen molar-refractivity contribution in [1.29, 1.82) is 0 Å². The molecule has 1 aliphatic heterocycles. The Labute approximate surface area is 399 Å². The van der Waals surface area contributed by atoms with Gasteiger partial charge in [-0.2, -0.15) is 0 Å². The SMILES string of the molecule is CC(=CC(=O)N(O)CCCC1NC(=O)CNC(=O)C(CO)NC(=O)C(CO)NC(=O)C(CCCN(O)C(=O)C=C(C)CC(=O)O)NC(=O)C(CCCN(O)C(=O)C=C(C)CC(=O)O)NC1=O)CC(=O)O. The van der Waals surface area contributed by atoms with Gasteiger partial charge in [0.1, 0.15) is 30.2 Å². The number of hydrogen-bond donors (Lipinski definition) is 14. The van der Waals surface area contributed by atoms with Crippen molar-refractivity contribution >= 4 is 71.1 Å². The van der Waals surface area contributed by atoms with Crippen molar-refractivity contribution in [2.24, 2.45) is 0 Å². The molecule has 0 aliphatic carbocycles. The average molecular weight is 1000 g/mol. The molecule has 29 nitrogen and oxygen atoms in total. The van der Waals surface area contributed by atoms with E-state index < -0.39 is 179 Å². The number of rotatable bonds is 23. The van der Waals surface area contributed by atoms with E-state index >= 15 is 0 Å². The fraction of sp³-hybridized carbons (Fsp3) is 0.561. The van der Waals surface area contributed by atoms with Crippen LogP contribution >= 0.6 is 0 Å². The molecule has 0 spiro atoms. The highest BCUT2D eigenvalue weighted by Gasteiger charge is 2.33. The molecular weight excluding hydrogens is 938 g/mol. The predicted molar refractivity (Wildman–Crippen MR) is 233 cm³/mol. The van der Waals surface area contributed by atoms with Gasteiger partial charge in [0.05, 0.1) is 39.0 Å². The Morgan fingerprint density at radius 2 is 0.743 bits per heavy atom. The summed E-state index contributed by atoms with van der Waals surface area (Å²) in [6, 6.07) is -8.76. The van der Waals surface area contributed by atoms with Gasteiger partial charge in [-0.25, -0.2) is 15.2 Å². The zero-order valence-corrected chi connectivity index (χ0v) is 38.5. The van der Waals surface area contributed by atoms with E-state index in [1.165, 1.54) is 20.8 Å². The van der Waals surface area contributed by atoms with Gasteiger partial charge in [0.25, 0.3) is 17.7 Å². The van der Waals surface area contributed by atoms with Crippen LogP contribution in [0, 0.1) is 0 Å². The zero-order chi connectivity index (χ0) is 53.2. The van der Waals surface area contributed by atoms with Crippen LogP contribution in [0.1, 0.15) is 78.6 Å². The first kappa shape index (κ1) is 60.7. The highest BCUT2D eigenvalue weighted by molar-refractivity contribution is 5.98. The molecule has 0 saturated carbocycles. The molecule has 1 aliphatic rings. The van der Waals surface area contributed by atoms with Crippen LogP contribution in [-0.2, 0) is 57.5 Å². The molecule has 5 atom stereocenters. The Bertz CT molecular complexity index is 2040. The standard InChI is InChI=1S/C41H61N9O20/c1-22(16-34(57)58)13-31(54)48(68)10-4-7-25-38(64)44-26(8-5-11-49(69)32(55)14-23(2)17-35(59)60)39(65)45-27(9-6-12-50(70)33(56)15-24(3)18-36(61)62)40(66)47-29(21-52)41(67)46-28(20-51)37(63)42-19-30(53)43-25/h13-15,25-29,51-52,68-70H,4-12,16-21H2,1-3H3,(H,42,63)(H,43,53)(H,44,64)(H,45,65)(H,46,67)(H,47,66)(H,57,58)(H,59,60)(H,61,62). The van der Waals surface area contributed by atoms with Crippen LogP contribution in [-0.4, -0.2) is 197 Å². The number of aliphatic hydroxyl groups is 2. The van der Waals surface area contributed by atoms with Crippen molar-refractivity contribution in [2.45, 2.75) is 109 Å². The minimum atomic E-state index is -1.86. The summed E-state index contributed by atoms with van der Waals surface area (Å²) in [5.41, 5.74) is 0.211. The Hall–Kier alpha value is -7.34. The molecule has 0 bridgehead atoms. The number of carbonyl (C=O) groups excluding carboxylic acids is 9. The second-order valence-electron chi connectivity index (χ2n) is 15.9. The predicted octanol–water partition coefficient (Wildman–Crippen LogP) is -4.22. The molecule has 1 fully saturated rings. The summed E-state index contributed by atoms with van der Waals surface area (Å²) in [5, 5.41) is 91.9. The monoisotopic (exact) mass is 999 g/mol. The summed E-state index contributed by atoms with van der Waals surface area (Å²) in [6.45, 7) is -0.721. The third-order valence-electron chi connectivity index (χ3n) is 9.72. The topological polar surface area (TPSA) is 449 Å². The summed E-state index contributed by atoms with van der Waals surface area (Å²) in [6.07, 6.45) is -1.29. The number of carbonyl (C=O) groups is 12. The number of aliphatic carboxylic acids is 3. The normalized spacial score (nSPS) is 20.2. The summed E-state index contributed by atoms with van der Waals surface area (Å²) in [5.74, 6) is -13.8. The highest BCUT2D eigenvalue weighted by atomic mass is 16.5. The second kappa shape index (κ2) is 30.9. The number of hydroxylamine groups is 6. The van der Waals surface area contributed by atoms with Crippen molar-refractivity contribution in [3.05, 3.63) is 34.9 Å². The third kappa shape index (κ3) is 23.6. The molecule has 70 heavy (non-hydrogen) atoms. The first-order valence-electron chi connectivity index (χ1n) is 21.5. The maximum Gasteiger partial charge on any atom is 0.307 e. The number of nitrogens with zero attached hydrogens (tertiary/aromatic N) is 3. The lowest BCUT2D eigenvalue weighted by Crippen LogP contribution is -2.61. The zero-order valence-electron chi connectivity index (χ0n) is 38.5. The van der Waals surface area contributed by atoms with E-state index in [0.717, 1.165) is 18.2 Å². The van der Waals surface area contributed by atoms with Crippen molar-refractivity contribution in [3.63, 3.8) is 0 Å². The first-order chi connectivity index (χ1) is 32.8. The molecule has 9 amide bonds. The smallest absolute Gasteiger partial charge is 0.307 e. The fourth-order valence-corrected chi connectivity index (χ4v) is 6.21. The number of carboxylic acids is 3. The molecule has 0 aromatic heterocycles. The Morgan fingerprint density at radius 1 is 0.471 bits per heavy atom. The molecule has 1 saturated heterocycles. The minimum absolute atomic E-state index is 0.0649. The van der Waals surface area contributed by atoms with Crippen LogP contribution in [0.25, 0.3) is 0 Å². The van der Waals surface area contributed by atoms with Crippen molar-refractivity contribution < 1.29 is 98.7 Å². The maximum absolute atomic E-state index is 14.1. The minimum Gasteiger partial charge on any atom is -0.481 e. The van der Waals surface area contributed by atoms with E-state index in [9.17, 15) is 83.4 Å². The van der Waals surface area contributed by atoms with E-state index in [1.54, 1.807) is 0 Å². The van der Waals surface area contributed by atoms with Gasteiger partial charge >= 0.3 is 17.9 Å². The molecule has 390 valence electrons. The molecule has 29 heteroatoms. The lowest BCUT2D eigenvalue weighted by Gasteiger charge is -2.28. The summed E-state index contributed by atoms with van der Waals surface area (Å²) >= 11 is 0. The van der Waals surface area contributed by atoms with Crippen molar-refractivity contribution in [2.75, 3.05) is 39.4 Å². The lowest BCUT2D eigenvalue weighted by molar-refractivity contribution is -0.160.